The summed E-state index contributed by atoms with van der Waals surface area (Å²) in [6, 6.07) is 27.6. The second-order valence-electron chi connectivity index (χ2n) is 9.19. The molecule has 0 aliphatic carbocycles. The SMILES string of the molecule is Cc1ccc2nc(-c3nnc(-c4cccc(-c5nnc(-c6ccc7cc(C)ccc7n6)o5)c4)o3)ccc2c1. The third kappa shape index (κ3) is 3.98. The van der Waals surface area contributed by atoms with E-state index in [1.165, 1.54) is 11.1 Å². The highest BCUT2D eigenvalue weighted by Gasteiger charge is 2.16. The summed E-state index contributed by atoms with van der Waals surface area (Å²) in [5, 5.41) is 19.1. The van der Waals surface area contributed by atoms with Gasteiger partial charge in [0.15, 0.2) is 0 Å². The Morgan fingerprint density at radius 3 is 1.45 bits per heavy atom. The molecule has 0 atom stereocenters. The van der Waals surface area contributed by atoms with Crippen LogP contribution in [0.3, 0.4) is 0 Å². The molecule has 4 heterocycles. The lowest BCUT2D eigenvalue weighted by atomic mass is 10.1. The number of pyridine rings is 2. The van der Waals surface area contributed by atoms with E-state index < -0.39 is 0 Å². The van der Waals surface area contributed by atoms with Gasteiger partial charge in [0.05, 0.1) is 11.0 Å². The van der Waals surface area contributed by atoms with Crippen molar-refractivity contribution in [3.05, 3.63) is 96.1 Å². The van der Waals surface area contributed by atoms with Crippen molar-refractivity contribution < 1.29 is 8.83 Å². The molecule has 0 fully saturated rings. The minimum atomic E-state index is 0.352. The second kappa shape index (κ2) is 8.70. The zero-order valence-electron chi connectivity index (χ0n) is 20.6. The van der Waals surface area contributed by atoms with Crippen LogP contribution in [0.4, 0.5) is 0 Å². The lowest BCUT2D eigenvalue weighted by molar-refractivity contribution is 0.580. The summed E-state index contributed by atoms with van der Waals surface area (Å²) in [6.45, 7) is 4.11. The number of fused-ring (bicyclic) bond motifs is 2. The number of benzene rings is 3. The van der Waals surface area contributed by atoms with Gasteiger partial charge in [0, 0.05) is 21.9 Å². The number of aromatic nitrogens is 6. The van der Waals surface area contributed by atoms with Crippen LogP contribution in [-0.2, 0) is 0 Å². The summed E-state index contributed by atoms with van der Waals surface area (Å²) in [7, 11) is 0. The maximum atomic E-state index is 5.98. The van der Waals surface area contributed by atoms with Crippen molar-refractivity contribution in [3.63, 3.8) is 0 Å². The van der Waals surface area contributed by atoms with Gasteiger partial charge in [-0.15, -0.1) is 20.4 Å². The van der Waals surface area contributed by atoms with E-state index in [4.69, 9.17) is 8.83 Å². The van der Waals surface area contributed by atoms with Gasteiger partial charge in [0.25, 0.3) is 11.8 Å². The molecule has 7 rings (SSSR count). The van der Waals surface area contributed by atoms with Crippen LogP contribution < -0.4 is 0 Å². The number of hydrogen-bond acceptors (Lipinski definition) is 8. The van der Waals surface area contributed by atoms with Gasteiger partial charge in [-0.3, -0.25) is 0 Å². The zero-order valence-corrected chi connectivity index (χ0v) is 20.6. The first-order chi connectivity index (χ1) is 18.6. The third-order valence-corrected chi connectivity index (χ3v) is 6.33. The Kier molecular flexibility index (Phi) is 5.04. The van der Waals surface area contributed by atoms with E-state index in [2.05, 4.69) is 56.3 Å². The smallest absolute Gasteiger partial charge is 0.266 e. The van der Waals surface area contributed by atoms with E-state index >= 15 is 0 Å². The Balaban J connectivity index is 1.18. The van der Waals surface area contributed by atoms with Crippen molar-refractivity contribution in [3.8, 4) is 46.1 Å². The first kappa shape index (κ1) is 22.0. The summed E-state index contributed by atoms with van der Waals surface area (Å²) in [6.07, 6.45) is 0. The molecule has 0 aliphatic heterocycles. The van der Waals surface area contributed by atoms with Crippen LogP contribution in [0.5, 0.6) is 0 Å². The summed E-state index contributed by atoms with van der Waals surface area (Å²) in [4.78, 5) is 9.36. The Morgan fingerprint density at radius 1 is 0.474 bits per heavy atom. The summed E-state index contributed by atoms with van der Waals surface area (Å²) in [5.41, 5.74) is 6.82. The van der Waals surface area contributed by atoms with E-state index in [-0.39, 0.29) is 0 Å². The molecule has 3 aromatic carbocycles. The minimum Gasteiger partial charge on any atom is -0.415 e. The van der Waals surface area contributed by atoms with Crippen LogP contribution in [0.25, 0.3) is 67.9 Å². The fraction of sp³-hybridized carbons (Fsp3) is 0.0667. The molecule has 0 radical (unpaired) electrons. The van der Waals surface area contributed by atoms with Crippen molar-refractivity contribution in [2.45, 2.75) is 13.8 Å². The lowest BCUT2D eigenvalue weighted by Crippen LogP contribution is -1.86. The fourth-order valence-corrected chi connectivity index (χ4v) is 4.40. The molecule has 0 spiro atoms. The number of hydrogen-bond donors (Lipinski definition) is 0. The highest BCUT2D eigenvalue weighted by Crippen LogP contribution is 2.29. The molecular weight excluding hydrogens is 476 g/mol. The molecule has 0 N–H and O–H groups in total. The maximum Gasteiger partial charge on any atom is 0.266 e. The molecule has 0 saturated heterocycles. The van der Waals surface area contributed by atoms with E-state index in [9.17, 15) is 0 Å². The predicted molar refractivity (Wildman–Crippen MR) is 144 cm³/mol. The van der Waals surface area contributed by atoms with E-state index in [0.717, 1.165) is 32.9 Å². The maximum absolute atomic E-state index is 5.98. The minimum absolute atomic E-state index is 0.352. The molecule has 8 heteroatoms. The molecular formula is C30H20N6O2. The first-order valence-corrected chi connectivity index (χ1v) is 12.1. The van der Waals surface area contributed by atoms with Gasteiger partial charge in [0.1, 0.15) is 11.4 Å². The number of nitrogens with zero attached hydrogens (tertiary/aromatic N) is 6. The van der Waals surface area contributed by atoms with Crippen LogP contribution >= 0.6 is 0 Å². The zero-order chi connectivity index (χ0) is 25.6. The number of rotatable bonds is 4. The van der Waals surface area contributed by atoms with Gasteiger partial charge in [-0.05, 0) is 68.4 Å². The quantitative estimate of drug-likeness (QED) is 0.261. The average molecular weight is 497 g/mol. The Morgan fingerprint density at radius 2 is 0.947 bits per heavy atom. The Bertz CT molecular complexity index is 1830. The molecule has 7 aromatic rings. The second-order valence-corrected chi connectivity index (χ2v) is 9.19. The van der Waals surface area contributed by atoms with Gasteiger partial charge in [0.2, 0.25) is 11.8 Å². The van der Waals surface area contributed by atoms with Crippen LogP contribution in [-0.4, -0.2) is 30.4 Å². The summed E-state index contributed by atoms with van der Waals surface area (Å²) >= 11 is 0. The molecule has 0 aliphatic rings. The Labute approximate surface area is 217 Å². The monoisotopic (exact) mass is 496 g/mol. The molecule has 4 aromatic heterocycles. The largest absolute Gasteiger partial charge is 0.415 e. The highest BCUT2D eigenvalue weighted by molar-refractivity contribution is 5.82. The fourth-order valence-electron chi connectivity index (χ4n) is 4.40. The lowest BCUT2D eigenvalue weighted by Gasteiger charge is -2.01. The molecule has 0 saturated carbocycles. The van der Waals surface area contributed by atoms with Gasteiger partial charge >= 0.3 is 0 Å². The van der Waals surface area contributed by atoms with Gasteiger partial charge in [-0.1, -0.05) is 41.5 Å². The van der Waals surface area contributed by atoms with Crippen molar-refractivity contribution in [2.75, 3.05) is 0 Å². The molecule has 0 unspecified atom stereocenters. The standard InChI is InChI=1S/C30H20N6O2/c1-17-6-10-23-19(14-17)8-12-25(31-23)29-35-33-27(37-29)21-4-3-5-22(16-21)28-34-36-30(38-28)26-13-9-20-15-18(2)7-11-24(20)32-26/h3-16H,1-2H3. The topological polar surface area (TPSA) is 104 Å². The van der Waals surface area contributed by atoms with Gasteiger partial charge < -0.3 is 8.83 Å². The van der Waals surface area contributed by atoms with Gasteiger partial charge in [-0.25, -0.2) is 9.97 Å². The summed E-state index contributed by atoms with van der Waals surface area (Å²) in [5.74, 6) is 1.45. The normalized spacial score (nSPS) is 11.4. The van der Waals surface area contributed by atoms with Crippen LogP contribution in [0, 0.1) is 13.8 Å². The predicted octanol–water partition coefficient (Wildman–Crippen LogP) is 6.83. The van der Waals surface area contributed by atoms with E-state index in [1.54, 1.807) is 0 Å². The van der Waals surface area contributed by atoms with Crippen molar-refractivity contribution in [1.29, 1.82) is 0 Å². The van der Waals surface area contributed by atoms with Crippen molar-refractivity contribution >= 4 is 21.8 Å². The van der Waals surface area contributed by atoms with E-state index in [1.807, 2.05) is 72.8 Å². The third-order valence-electron chi connectivity index (χ3n) is 6.33. The van der Waals surface area contributed by atoms with Crippen molar-refractivity contribution in [2.24, 2.45) is 0 Å². The molecule has 38 heavy (non-hydrogen) atoms. The van der Waals surface area contributed by atoms with Crippen LogP contribution in [0.15, 0.2) is 93.8 Å². The number of aryl methyl sites for hydroxylation is 2. The molecule has 8 nitrogen and oxygen atoms in total. The Hall–Kier alpha value is -5.24. The summed E-state index contributed by atoms with van der Waals surface area (Å²) < 4.78 is 12.0. The molecule has 182 valence electrons. The molecule has 0 bridgehead atoms. The first-order valence-electron chi connectivity index (χ1n) is 12.1. The molecule has 0 amide bonds. The highest BCUT2D eigenvalue weighted by atomic mass is 16.4. The average Bonchev–Trinajstić information content (AvgIpc) is 3.64. The van der Waals surface area contributed by atoms with E-state index in [0.29, 0.717) is 35.0 Å². The van der Waals surface area contributed by atoms with Gasteiger partial charge in [-0.2, -0.15) is 0 Å². The van der Waals surface area contributed by atoms with Crippen molar-refractivity contribution in [1.82, 2.24) is 30.4 Å². The van der Waals surface area contributed by atoms with Crippen LogP contribution in [0.1, 0.15) is 11.1 Å². The van der Waals surface area contributed by atoms with Crippen LogP contribution in [0.2, 0.25) is 0 Å².